The third-order valence-corrected chi connectivity index (χ3v) is 10.7. The van der Waals surface area contributed by atoms with Crippen molar-refractivity contribution in [2.75, 3.05) is 14.2 Å². The zero-order valence-corrected chi connectivity index (χ0v) is 33.4. The molecule has 0 amide bonds. The number of benzene rings is 4. The molecular weight excluding hydrogens is 701 g/mol. The molecule has 0 radical (unpaired) electrons. The van der Waals surface area contributed by atoms with Crippen LogP contribution in [0.4, 0.5) is 0 Å². The van der Waals surface area contributed by atoms with E-state index in [0.29, 0.717) is 25.7 Å². The summed E-state index contributed by atoms with van der Waals surface area (Å²) in [5.74, 6) is -1.67. The minimum Gasteiger partial charge on any atom is -0.469 e. The predicted molar refractivity (Wildman–Crippen MR) is 222 cm³/mol. The van der Waals surface area contributed by atoms with Crippen LogP contribution in [0.15, 0.2) is 122 Å². The van der Waals surface area contributed by atoms with E-state index in [4.69, 9.17) is 9.47 Å². The lowest BCUT2D eigenvalue weighted by molar-refractivity contribution is -0.147. The van der Waals surface area contributed by atoms with Gasteiger partial charge in [0.25, 0.3) is 0 Å². The van der Waals surface area contributed by atoms with Gasteiger partial charge >= 0.3 is 11.9 Å². The number of methoxy groups -OCH3 is 2. The van der Waals surface area contributed by atoms with E-state index < -0.39 is 11.8 Å². The maximum Gasteiger partial charge on any atom is 0.309 e. The molecular formula is C48H54N2O6. The summed E-state index contributed by atoms with van der Waals surface area (Å²) in [6, 6.07) is 36.0. The van der Waals surface area contributed by atoms with Gasteiger partial charge in [-0.25, -0.2) is 0 Å². The molecule has 0 N–H and O–H groups in total. The molecule has 0 aliphatic carbocycles. The van der Waals surface area contributed by atoms with Gasteiger partial charge in [-0.05, 0) is 60.1 Å². The SMILES string of the molecule is COC(=O)[C@@H](CC(=O)[C@@H](C)Cc1ccccc1)Cc1ccccc1.COC(=O)[C@@H](CC(=O)[C@@H](C)Cc1cn(C)c2ccccc12)Cc1cn(C)c2ccccc12. The Morgan fingerprint density at radius 1 is 0.500 bits per heavy atom. The Labute approximate surface area is 330 Å². The van der Waals surface area contributed by atoms with Crippen molar-refractivity contribution in [2.24, 2.45) is 37.8 Å². The molecule has 6 aromatic rings. The van der Waals surface area contributed by atoms with Gasteiger partial charge in [0, 0.05) is 73.0 Å². The molecule has 0 saturated heterocycles. The lowest BCUT2D eigenvalue weighted by atomic mass is 9.88. The third-order valence-electron chi connectivity index (χ3n) is 10.7. The number of Topliss-reactive ketones (excluding diaryl/α,β-unsaturated/α-hetero) is 2. The number of rotatable bonds is 16. The van der Waals surface area contributed by atoms with Crippen molar-refractivity contribution in [3.8, 4) is 0 Å². The number of carbonyl (C=O) groups is 4. The quantitative estimate of drug-likeness (QED) is 0.0918. The van der Waals surface area contributed by atoms with Crippen LogP contribution in [-0.2, 0) is 68.4 Å². The number of aromatic nitrogens is 2. The fraction of sp³-hybridized carbons (Fsp3) is 0.333. The standard InChI is InChI=1S/C27H30N2O3.C21H24O3/c1-18(13-20-16-28(2)24-11-7-5-9-22(20)24)26(30)15-19(27(31)32-4)14-21-17-29(3)25-12-8-6-10-23(21)25;1-16(13-17-9-5-3-6-10-17)20(22)15-19(21(23)24-2)14-18-11-7-4-8-12-18/h5-12,16-19H,13-15H2,1-4H3;3-12,16,19H,13-15H2,1-2H3/t18-,19+;16-,19+/m00/s1. The molecule has 4 atom stereocenters. The van der Waals surface area contributed by atoms with Crippen molar-refractivity contribution in [2.45, 2.75) is 52.4 Å². The molecule has 0 spiro atoms. The average molecular weight is 755 g/mol. The number of nitrogens with zero attached hydrogens (tertiary/aromatic N) is 2. The first-order valence-electron chi connectivity index (χ1n) is 19.3. The normalized spacial score (nSPS) is 13.2. The molecule has 4 aromatic carbocycles. The lowest BCUT2D eigenvalue weighted by Crippen LogP contribution is -2.25. The van der Waals surface area contributed by atoms with Crippen molar-refractivity contribution in [1.82, 2.24) is 9.13 Å². The van der Waals surface area contributed by atoms with Gasteiger partial charge in [0.15, 0.2) is 0 Å². The van der Waals surface area contributed by atoms with Gasteiger partial charge in [0.2, 0.25) is 0 Å². The minimum atomic E-state index is -0.492. The van der Waals surface area contributed by atoms with E-state index in [2.05, 4.69) is 39.6 Å². The molecule has 0 aliphatic heterocycles. The fourth-order valence-corrected chi connectivity index (χ4v) is 7.56. The molecule has 0 fully saturated rings. The molecule has 292 valence electrons. The first kappa shape index (κ1) is 41.4. The van der Waals surface area contributed by atoms with Gasteiger partial charge in [0.1, 0.15) is 11.6 Å². The van der Waals surface area contributed by atoms with E-state index in [1.165, 1.54) is 19.6 Å². The van der Waals surface area contributed by atoms with E-state index in [9.17, 15) is 19.2 Å². The summed E-state index contributed by atoms with van der Waals surface area (Å²) in [6.07, 6.45) is 6.91. The second-order valence-electron chi connectivity index (χ2n) is 14.9. The highest BCUT2D eigenvalue weighted by Gasteiger charge is 2.28. The van der Waals surface area contributed by atoms with Crippen molar-refractivity contribution in [3.05, 3.63) is 144 Å². The van der Waals surface area contributed by atoms with Crippen LogP contribution in [0.25, 0.3) is 21.8 Å². The highest BCUT2D eigenvalue weighted by atomic mass is 16.5. The Kier molecular flexibility index (Phi) is 14.6. The second-order valence-corrected chi connectivity index (χ2v) is 14.9. The summed E-state index contributed by atoms with van der Waals surface area (Å²) >= 11 is 0. The summed E-state index contributed by atoms with van der Waals surface area (Å²) in [7, 11) is 6.78. The summed E-state index contributed by atoms with van der Waals surface area (Å²) < 4.78 is 14.1. The number of fused-ring (bicyclic) bond motifs is 2. The minimum absolute atomic E-state index is 0.0913. The first-order valence-corrected chi connectivity index (χ1v) is 19.3. The molecule has 2 heterocycles. The Morgan fingerprint density at radius 3 is 1.34 bits per heavy atom. The summed E-state index contributed by atoms with van der Waals surface area (Å²) in [5.41, 5.74) is 6.67. The van der Waals surface area contributed by atoms with Gasteiger partial charge in [-0.15, -0.1) is 0 Å². The Balaban J connectivity index is 0.000000224. The molecule has 8 nitrogen and oxygen atoms in total. The molecule has 0 unspecified atom stereocenters. The smallest absolute Gasteiger partial charge is 0.309 e. The first-order chi connectivity index (χ1) is 27.0. The topological polar surface area (TPSA) is 96.6 Å². The molecule has 8 heteroatoms. The van der Waals surface area contributed by atoms with E-state index in [0.717, 1.165) is 38.7 Å². The predicted octanol–water partition coefficient (Wildman–Crippen LogP) is 8.70. The Bertz CT molecular complexity index is 2240. The van der Waals surface area contributed by atoms with Crippen LogP contribution in [0.1, 0.15) is 48.9 Å². The summed E-state index contributed by atoms with van der Waals surface area (Å²) in [6.45, 7) is 3.88. The van der Waals surface area contributed by atoms with Crippen LogP contribution in [0, 0.1) is 23.7 Å². The van der Waals surface area contributed by atoms with Crippen LogP contribution in [0.5, 0.6) is 0 Å². The highest BCUT2D eigenvalue weighted by molar-refractivity contribution is 5.89. The number of para-hydroxylation sites is 2. The Hall–Kier alpha value is -5.76. The lowest BCUT2D eigenvalue weighted by Gasteiger charge is -2.17. The third kappa shape index (κ3) is 10.7. The van der Waals surface area contributed by atoms with E-state index in [1.54, 1.807) is 0 Å². The van der Waals surface area contributed by atoms with Crippen molar-refractivity contribution >= 4 is 45.3 Å². The van der Waals surface area contributed by atoms with Gasteiger partial charge in [-0.3, -0.25) is 19.2 Å². The number of hydrogen-bond donors (Lipinski definition) is 0. The molecule has 6 rings (SSSR count). The highest BCUT2D eigenvalue weighted by Crippen LogP contribution is 2.28. The maximum absolute atomic E-state index is 13.2. The zero-order valence-electron chi connectivity index (χ0n) is 33.4. The van der Waals surface area contributed by atoms with Crippen molar-refractivity contribution in [1.29, 1.82) is 0 Å². The number of carbonyl (C=O) groups excluding carboxylic acids is 4. The maximum atomic E-state index is 13.2. The molecule has 2 aromatic heterocycles. The largest absolute Gasteiger partial charge is 0.469 e. The monoisotopic (exact) mass is 754 g/mol. The number of ketones is 2. The number of aryl methyl sites for hydroxylation is 2. The summed E-state index contributed by atoms with van der Waals surface area (Å²) in [5, 5.41) is 2.29. The molecule has 0 aliphatic rings. The zero-order chi connectivity index (χ0) is 40.2. The van der Waals surface area contributed by atoms with Crippen LogP contribution in [0.2, 0.25) is 0 Å². The van der Waals surface area contributed by atoms with Gasteiger partial charge in [-0.1, -0.05) is 111 Å². The van der Waals surface area contributed by atoms with Crippen LogP contribution < -0.4 is 0 Å². The fourth-order valence-electron chi connectivity index (χ4n) is 7.56. The number of hydrogen-bond acceptors (Lipinski definition) is 6. The molecule has 0 bridgehead atoms. The van der Waals surface area contributed by atoms with E-state index in [1.807, 2.05) is 119 Å². The van der Waals surface area contributed by atoms with Gasteiger partial charge in [0.05, 0.1) is 26.1 Å². The van der Waals surface area contributed by atoms with Crippen molar-refractivity contribution < 1.29 is 28.7 Å². The number of ether oxygens (including phenoxy) is 2. The van der Waals surface area contributed by atoms with Crippen LogP contribution >= 0.6 is 0 Å². The van der Waals surface area contributed by atoms with Gasteiger partial charge < -0.3 is 18.6 Å². The van der Waals surface area contributed by atoms with E-state index >= 15 is 0 Å². The molecule has 0 saturated carbocycles. The Morgan fingerprint density at radius 2 is 0.875 bits per heavy atom. The average Bonchev–Trinajstić information content (AvgIpc) is 3.71. The van der Waals surface area contributed by atoms with Crippen LogP contribution in [-0.4, -0.2) is 46.9 Å². The number of esters is 2. The van der Waals surface area contributed by atoms with Crippen molar-refractivity contribution in [3.63, 3.8) is 0 Å². The van der Waals surface area contributed by atoms with E-state index in [-0.39, 0.29) is 48.2 Å². The molecule has 56 heavy (non-hydrogen) atoms. The summed E-state index contributed by atoms with van der Waals surface area (Å²) in [4.78, 5) is 50.3. The second kappa shape index (κ2) is 19.7. The van der Waals surface area contributed by atoms with Crippen LogP contribution in [0.3, 0.4) is 0 Å². The van der Waals surface area contributed by atoms with Gasteiger partial charge in [-0.2, -0.15) is 0 Å².